The first-order chi connectivity index (χ1) is 9.70. The molecule has 0 atom stereocenters. The van der Waals surface area contributed by atoms with Crippen molar-refractivity contribution in [3.05, 3.63) is 46.6 Å². The molecule has 1 N–H and O–H groups in total. The van der Waals surface area contributed by atoms with E-state index in [2.05, 4.69) is 35.4 Å². The molecule has 1 aromatic carbocycles. The number of pyridine rings is 1. The summed E-state index contributed by atoms with van der Waals surface area (Å²) in [5.74, 6) is 0. The van der Waals surface area contributed by atoms with Crippen molar-refractivity contribution < 1.29 is 4.74 Å². The number of nitrogens with one attached hydrogen (secondary N) is 1. The molecule has 0 unspecified atom stereocenters. The smallest absolute Gasteiger partial charge is 0.136 e. The Bertz CT molecular complexity index is 611. The predicted octanol–water partition coefficient (Wildman–Crippen LogP) is 3.45. The molecule has 0 spiro atoms. The van der Waals surface area contributed by atoms with Gasteiger partial charge in [0.15, 0.2) is 0 Å². The van der Waals surface area contributed by atoms with Gasteiger partial charge in [0.25, 0.3) is 0 Å². The van der Waals surface area contributed by atoms with Crippen LogP contribution in [0.3, 0.4) is 0 Å². The number of benzene rings is 1. The van der Waals surface area contributed by atoms with Gasteiger partial charge < -0.3 is 10.1 Å². The number of hydrogen-bond acceptors (Lipinski definition) is 3. The van der Waals surface area contributed by atoms with E-state index in [1.54, 1.807) is 7.11 Å². The Morgan fingerprint density at radius 2 is 2.20 bits per heavy atom. The van der Waals surface area contributed by atoms with Crippen LogP contribution < -0.4 is 5.32 Å². The van der Waals surface area contributed by atoms with E-state index in [1.165, 1.54) is 5.56 Å². The van der Waals surface area contributed by atoms with Gasteiger partial charge in [0.05, 0.1) is 12.1 Å². The summed E-state index contributed by atoms with van der Waals surface area (Å²) in [6, 6.07) is 8.26. The largest absolute Gasteiger partial charge is 0.383 e. The first-order valence-electron chi connectivity index (χ1n) is 6.64. The molecule has 0 saturated heterocycles. The molecule has 0 bridgehead atoms. The molecular formula is C16H19ClN2O. The van der Waals surface area contributed by atoms with Crippen molar-refractivity contribution in [1.82, 2.24) is 10.3 Å². The Morgan fingerprint density at radius 3 is 3.00 bits per heavy atom. The van der Waals surface area contributed by atoms with Gasteiger partial charge in [0, 0.05) is 31.1 Å². The fraction of sp³-hybridized carbons (Fsp3) is 0.312. The van der Waals surface area contributed by atoms with Crippen molar-refractivity contribution in [2.24, 2.45) is 0 Å². The van der Waals surface area contributed by atoms with Gasteiger partial charge in [-0.3, -0.25) is 0 Å². The lowest BCUT2D eigenvalue weighted by molar-refractivity contribution is 0.200. The molecule has 0 radical (unpaired) electrons. The number of halogens is 1. The van der Waals surface area contributed by atoms with Crippen LogP contribution in [-0.4, -0.2) is 31.8 Å². The summed E-state index contributed by atoms with van der Waals surface area (Å²) in [5.41, 5.74) is 3.06. The standard InChI is InChI=1S/C16H19ClN2O/c1-12-5-6-13-11-14(16(17)19-15(13)10-12)4-3-7-18-8-9-20-2/h3-6,10-11,18H,7-9H2,1-2H3. The van der Waals surface area contributed by atoms with E-state index in [4.69, 9.17) is 16.3 Å². The molecule has 2 aromatic rings. The maximum atomic E-state index is 6.22. The molecular weight excluding hydrogens is 272 g/mol. The third-order valence-electron chi connectivity index (χ3n) is 3.00. The fourth-order valence-electron chi connectivity index (χ4n) is 1.93. The van der Waals surface area contributed by atoms with Gasteiger partial charge in [0.1, 0.15) is 5.15 Å². The van der Waals surface area contributed by atoms with Gasteiger partial charge in [0.2, 0.25) is 0 Å². The maximum absolute atomic E-state index is 6.22. The fourth-order valence-corrected chi connectivity index (χ4v) is 2.14. The Kier molecular flexibility index (Phi) is 5.53. The quantitative estimate of drug-likeness (QED) is 0.654. The lowest BCUT2D eigenvalue weighted by atomic mass is 10.1. The molecule has 0 amide bonds. The Labute approximate surface area is 124 Å². The van der Waals surface area contributed by atoms with Crippen LogP contribution >= 0.6 is 11.6 Å². The summed E-state index contributed by atoms with van der Waals surface area (Å²) < 4.78 is 4.97. The molecule has 0 aliphatic heterocycles. The minimum absolute atomic E-state index is 0.538. The summed E-state index contributed by atoms with van der Waals surface area (Å²) >= 11 is 6.22. The number of methoxy groups -OCH3 is 1. The lowest BCUT2D eigenvalue weighted by Crippen LogP contribution is -2.18. The highest BCUT2D eigenvalue weighted by molar-refractivity contribution is 6.31. The monoisotopic (exact) mass is 290 g/mol. The first-order valence-corrected chi connectivity index (χ1v) is 7.01. The van der Waals surface area contributed by atoms with Crippen LogP contribution in [0.25, 0.3) is 17.0 Å². The van der Waals surface area contributed by atoms with Gasteiger partial charge in [-0.25, -0.2) is 4.98 Å². The van der Waals surface area contributed by atoms with E-state index >= 15 is 0 Å². The molecule has 4 heteroatoms. The average molecular weight is 291 g/mol. The summed E-state index contributed by atoms with van der Waals surface area (Å²) in [7, 11) is 1.69. The number of aryl methyl sites for hydroxylation is 1. The Morgan fingerprint density at radius 1 is 1.35 bits per heavy atom. The number of aromatic nitrogens is 1. The molecule has 20 heavy (non-hydrogen) atoms. The number of nitrogens with zero attached hydrogens (tertiary/aromatic N) is 1. The van der Waals surface area contributed by atoms with Crippen LogP contribution in [0.5, 0.6) is 0 Å². The van der Waals surface area contributed by atoms with Crippen molar-refractivity contribution in [2.75, 3.05) is 26.8 Å². The van der Waals surface area contributed by atoms with Crippen LogP contribution in [-0.2, 0) is 4.74 Å². The van der Waals surface area contributed by atoms with E-state index in [-0.39, 0.29) is 0 Å². The zero-order valence-electron chi connectivity index (χ0n) is 11.8. The van der Waals surface area contributed by atoms with Crippen molar-refractivity contribution in [3.8, 4) is 0 Å². The second kappa shape index (κ2) is 7.39. The zero-order chi connectivity index (χ0) is 14.4. The summed E-state index contributed by atoms with van der Waals surface area (Å²) in [6.07, 6.45) is 4.03. The molecule has 2 rings (SSSR count). The molecule has 1 aromatic heterocycles. The minimum atomic E-state index is 0.538. The molecule has 0 fully saturated rings. The van der Waals surface area contributed by atoms with Crippen LogP contribution in [0.2, 0.25) is 5.15 Å². The second-order valence-corrected chi connectivity index (χ2v) is 5.02. The van der Waals surface area contributed by atoms with Crippen molar-refractivity contribution in [3.63, 3.8) is 0 Å². The SMILES string of the molecule is COCCNCC=Cc1cc2ccc(C)cc2nc1Cl. The highest BCUT2D eigenvalue weighted by atomic mass is 35.5. The van der Waals surface area contributed by atoms with Crippen molar-refractivity contribution >= 4 is 28.6 Å². The summed E-state index contributed by atoms with van der Waals surface area (Å²) in [5, 5.41) is 4.89. The number of rotatable bonds is 6. The van der Waals surface area contributed by atoms with Crippen LogP contribution in [0.1, 0.15) is 11.1 Å². The van der Waals surface area contributed by atoms with Crippen molar-refractivity contribution in [1.29, 1.82) is 0 Å². The molecule has 1 heterocycles. The minimum Gasteiger partial charge on any atom is -0.383 e. The van der Waals surface area contributed by atoms with Crippen molar-refractivity contribution in [2.45, 2.75) is 6.92 Å². The summed E-state index contributed by atoms with van der Waals surface area (Å²) in [4.78, 5) is 4.44. The molecule has 0 aliphatic carbocycles. The number of hydrogen-bond donors (Lipinski definition) is 1. The molecule has 0 aliphatic rings. The Balaban J connectivity index is 2.08. The topological polar surface area (TPSA) is 34.1 Å². The maximum Gasteiger partial charge on any atom is 0.136 e. The highest BCUT2D eigenvalue weighted by Crippen LogP contribution is 2.22. The first kappa shape index (κ1) is 15.0. The van der Waals surface area contributed by atoms with E-state index in [0.717, 1.165) is 29.6 Å². The molecule has 0 saturated carbocycles. The van der Waals surface area contributed by atoms with E-state index in [0.29, 0.717) is 11.8 Å². The van der Waals surface area contributed by atoms with Gasteiger partial charge in [-0.2, -0.15) is 0 Å². The third kappa shape index (κ3) is 4.04. The molecule has 106 valence electrons. The Hall–Kier alpha value is -1.42. The average Bonchev–Trinajstić information content (AvgIpc) is 2.43. The molecule has 3 nitrogen and oxygen atoms in total. The second-order valence-electron chi connectivity index (χ2n) is 4.66. The third-order valence-corrected chi connectivity index (χ3v) is 3.30. The lowest BCUT2D eigenvalue weighted by Gasteiger charge is -2.04. The van der Waals surface area contributed by atoms with Gasteiger partial charge in [-0.1, -0.05) is 35.9 Å². The van der Waals surface area contributed by atoms with Crippen LogP contribution in [0.15, 0.2) is 30.3 Å². The van der Waals surface area contributed by atoms with E-state index in [9.17, 15) is 0 Å². The van der Waals surface area contributed by atoms with Gasteiger partial charge >= 0.3 is 0 Å². The van der Waals surface area contributed by atoms with Crippen LogP contribution in [0, 0.1) is 6.92 Å². The van der Waals surface area contributed by atoms with Crippen LogP contribution in [0.4, 0.5) is 0 Å². The van der Waals surface area contributed by atoms with Gasteiger partial charge in [-0.05, 0) is 24.6 Å². The zero-order valence-corrected chi connectivity index (χ0v) is 12.6. The van der Waals surface area contributed by atoms with Gasteiger partial charge in [-0.15, -0.1) is 0 Å². The normalized spacial score (nSPS) is 11.6. The van der Waals surface area contributed by atoms with E-state index < -0.39 is 0 Å². The number of ether oxygens (including phenoxy) is 1. The van der Waals surface area contributed by atoms with E-state index in [1.807, 2.05) is 18.2 Å². The number of fused-ring (bicyclic) bond motifs is 1. The predicted molar refractivity (Wildman–Crippen MR) is 85.3 cm³/mol. The summed E-state index contributed by atoms with van der Waals surface area (Å²) in [6.45, 7) is 4.38. The highest BCUT2D eigenvalue weighted by Gasteiger charge is 2.02.